The number of ketones is 1. The molecule has 0 saturated heterocycles. The van der Waals surface area contributed by atoms with Gasteiger partial charge in [0.15, 0.2) is 0 Å². The first kappa shape index (κ1) is 17.3. The molecule has 0 amide bonds. The van der Waals surface area contributed by atoms with Crippen molar-refractivity contribution >= 4 is 5.78 Å². The SMILES string of the molecule is O=C(Cc1cc(C(F)(F)F)cc(C(F)(F)F)c1)C(F)(F)F. The first-order valence-electron chi connectivity index (χ1n) is 5.09. The predicted octanol–water partition coefficient (Wildman–Crippen LogP) is 4.40. The number of halogens is 9. The van der Waals surface area contributed by atoms with Crippen LogP contribution in [0, 0.1) is 0 Å². The van der Waals surface area contributed by atoms with Gasteiger partial charge in [0.05, 0.1) is 11.1 Å². The van der Waals surface area contributed by atoms with E-state index in [1.165, 1.54) is 0 Å². The predicted molar refractivity (Wildman–Crippen MR) is 51.2 cm³/mol. The van der Waals surface area contributed by atoms with Crippen LogP contribution in [0.3, 0.4) is 0 Å². The van der Waals surface area contributed by atoms with E-state index >= 15 is 0 Å². The van der Waals surface area contributed by atoms with Crippen LogP contribution < -0.4 is 0 Å². The molecule has 0 aliphatic carbocycles. The van der Waals surface area contributed by atoms with Crippen LogP contribution in [0.1, 0.15) is 16.7 Å². The zero-order valence-corrected chi connectivity index (χ0v) is 9.75. The van der Waals surface area contributed by atoms with Gasteiger partial charge in [-0.15, -0.1) is 0 Å². The average Bonchev–Trinajstić information content (AvgIpc) is 2.24. The van der Waals surface area contributed by atoms with Crippen LogP contribution in [0.5, 0.6) is 0 Å². The minimum atomic E-state index is -5.34. The Hall–Kier alpha value is -1.74. The summed E-state index contributed by atoms with van der Waals surface area (Å²) in [5.74, 6) is -2.44. The number of hydrogen-bond donors (Lipinski definition) is 0. The van der Waals surface area contributed by atoms with E-state index in [0.717, 1.165) is 0 Å². The first-order chi connectivity index (χ1) is 9.21. The van der Waals surface area contributed by atoms with E-state index in [2.05, 4.69) is 0 Å². The lowest BCUT2D eigenvalue weighted by Gasteiger charge is -2.14. The van der Waals surface area contributed by atoms with Crippen LogP contribution in [0.2, 0.25) is 0 Å². The zero-order chi connectivity index (χ0) is 16.6. The Morgan fingerprint density at radius 3 is 1.43 bits per heavy atom. The molecule has 0 radical (unpaired) electrons. The van der Waals surface area contributed by atoms with E-state index in [1.807, 2.05) is 0 Å². The number of Topliss-reactive ketones (excluding diaryl/α,β-unsaturated/α-hetero) is 1. The van der Waals surface area contributed by atoms with E-state index in [0.29, 0.717) is 0 Å². The van der Waals surface area contributed by atoms with Crippen molar-refractivity contribution in [3.8, 4) is 0 Å². The largest absolute Gasteiger partial charge is 0.450 e. The molecule has 0 atom stereocenters. The quantitative estimate of drug-likeness (QED) is 0.737. The Bertz CT molecular complexity index is 504. The standard InChI is InChI=1S/C11H5F9O/c12-9(13,14)6-1-5(3-8(21)11(18,19)20)2-7(4-6)10(15,16)17/h1-2,4H,3H2. The van der Waals surface area contributed by atoms with Crippen molar-refractivity contribution in [2.45, 2.75) is 24.9 Å². The zero-order valence-electron chi connectivity index (χ0n) is 9.75. The molecule has 1 rings (SSSR count). The summed E-state index contributed by atoms with van der Waals surface area (Å²) in [6.45, 7) is 0. The summed E-state index contributed by atoms with van der Waals surface area (Å²) in [5.41, 5.74) is -4.57. The highest BCUT2D eigenvalue weighted by molar-refractivity contribution is 5.86. The molecule has 0 saturated carbocycles. The Morgan fingerprint density at radius 1 is 0.762 bits per heavy atom. The number of alkyl halides is 9. The molecule has 0 aliphatic heterocycles. The smallest absolute Gasteiger partial charge is 0.289 e. The molecule has 10 heteroatoms. The van der Waals surface area contributed by atoms with E-state index in [9.17, 15) is 44.3 Å². The molecule has 1 nitrogen and oxygen atoms in total. The summed E-state index contributed by atoms with van der Waals surface area (Å²) in [6, 6.07) is -0.0701. The van der Waals surface area contributed by atoms with Gasteiger partial charge in [-0.05, 0) is 23.8 Å². The molecule has 0 spiro atoms. The lowest BCUT2D eigenvalue weighted by atomic mass is 10.0. The Labute approximate surface area is 111 Å². The van der Waals surface area contributed by atoms with Gasteiger partial charge in [-0.1, -0.05) is 0 Å². The summed E-state index contributed by atoms with van der Waals surface area (Å²) in [7, 11) is 0. The normalized spacial score (nSPS) is 13.4. The highest BCUT2D eigenvalue weighted by atomic mass is 19.4. The lowest BCUT2D eigenvalue weighted by Crippen LogP contribution is -2.25. The number of rotatable bonds is 2. The van der Waals surface area contributed by atoms with Gasteiger partial charge in [-0.2, -0.15) is 39.5 Å². The molecule has 0 aliphatic rings. The molecule has 0 unspecified atom stereocenters. The van der Waals surface area contributed by atoms with Gasteiger partial charge >= 0.3 is 18.5 Å². The molecule has 0 N–H and O–H groups in total. The minimum Gasteiger partial charge on any atom is -0.289 e. The summed E-state index contributed by atoms with van der Waals surface area (Å²) in [6.07, 6.45) is -17.3. The third-order valence-electron chi connectivity index (χ3n) is 2.33. The van der Waals surface area contributed by atoms with Crippen LogP contribution in [0.15, 0.2) is 18.2 Å². The van der Waals surface area contributed by atoms with Crippen molar-refractivity contribution in [2.75, 3.05) is 0 Å². The van der Waals surface area contributed by atoms with Gasteiger partial charge in [0.25, 0.3) is 0 Å². The maximum Gasteiger partial charge on any atom is 0.450 e. The molecule has 1 aromatic carbocycles. The van der Waals surface area contributed by atoms with Gasteiger partial charge in [0.1, 0.15) is 0 Å². The third kappa shape index (κ3) is 4.64. The molecule has 1 aromatic rings. The molecular weight excluding hydrogens is 319 g/mol. The van der Waals surface area contributed by atoms with Crippen LogP contribution in [0.4, 0.5) is 39.5 Å². The monoisotopic (exact) mass is 324 g/mol. The molecular formula is C11H5F9O. The molecule has 0 aromatic heterocycles. The van der Waals surface area contributed by atoms with Crippen molar-refractivity contribution in [3.63, 3.8) is 0 Å². The molecule has 0 fully saturated rings. The molecule has 0 bridgehead atoms. The van der Waals surface area contributed by atoms with Gasteiger partial charge in [-0.25, -0.2) is 0 Å². The first-order valence-corrected chi connectivity index (χ1v) is 5.09. The van der Waals surface area contributed by atoms with Crippen LogP contribution >= 0.6 is 0 Å². The lowest BCUT2D eigenvalue weighted by molar-refractivity contribution is -0.170. The molecule has 0 heterocycles. The van der Waals surface area contributed by atoms with Gasteiger partial charge < -0.3 is 0 Å². The van der Waals surface area contributed by atoms with Gasteiger partial charge in [0, 0.05) is 6.42 Å². The Morgan fingerprint density at radius 2 is 1.14 bits per heavy atom. The summed E-state index contributed by atoms with van der Waals surface area (Å²) >= 11 is 0. The number of hydrogen-bond acceptors (Lipinski definition) is 1. The maximum absolute atomic E-state index is 12.4. The van der Waals surface area contributed by atoms with Crippen LogP contribution in [-0.4, -0.2) is 12.0 Å². The molecule has 21 heavy (non-hydrogen) atoms. The van der Waals surface area contributed by atoms with Crippen molar-refractivity contribution in [2.24, 2.45) is 0 Å². The van der Waals surface area contributed by atoms with Crippen LogP contribution in [-0.2, 0) is 23.6 Å². The average molecular weight is 324 g/mol. The van der Waals surface area contributed by atoms with E-state index in [1.54, 1.807) is 0 Å². The summed E-state index contributed by atoms with van der Waals surface area (Å²) < 4.78 is 111. The van der Waals surface area contributed by atoms with E-state index < -0.39 is 47.4 Å². The van der Waals surface area contributed by atoms with Crippen molar-refractivity contribution in [1.82, 2.24) is 0 Å². The van der Waals surface area contributed by atoms with Crippen molar-refractivity contribution < 1.29 is 44.3 Å². The fourth-order valence-corrected chi connectivity index (χ4v) is 1.41. The summed E-state index contributed by atoms with van der Waals surface area (Å²) in [4.78, 5) is 10.7. The van der Waals surface area contributed by atoms with Gasteiger partial charge in [-0.3, -0.25) is 4.79 Å². The van der Waals surface area contributed by atoms with Gasteiger partial charge in [0.2, 0.25) is 5.78 Å². The topological polar surface area (TPSA) is 17.1 Å². The fourth-order valence-electron chi connectivity index (χ4n) is 1.41. The second-order valence-electron chi connectivity index (χ2n) is 4.01. The maximum atomic E-state index is 12.4. The highest BCUT2D eigenvalue weighted by Crippen LogP contribution is 2.36. The Balaban J connectivity index is 3.30. The molecule has 118 valence electrons. The number of carbonyl (C=O) groups is 1. The van der Waals surface area contributed by atoms with E-state index in [4.69, 9.17) is 0 Å². The third-order valence-corrected chi connectivity index (χ3v) is 2.33. The Kier molecular flexibility index (Phi) is 4.31. The van der Waals surface area contributed by atoms with Crippen molar-refractivity contribution in [3.05, 3.63) is 34.9 Å². The fraction of sp³-hybridized carbons (Fsp3) is 0.364. The number of carbonyl (C=O) groups excluding carboxylic acids is 1. The number of benzene rings is 1. The minimum absolute atomic E-state index is 0.0822. The van der Waals surface area contributed by atoms with E-state index in [-0.39, 0.29) is 18.2 Å². The highest BCUT2D eigenvalue weighted by Gasteiger charge is 2.40. The van der Waals surface area contributed by atoms with Crippen LogP contribution in [0.25, 0.3) is 0 Å². The second-order valence-corrected chi connectivity index (χ2v) is 4.01. The second kappa shape index (κ2) is 5.23. The van der Waals surface area contributed by atoms with Crippen molar-refractivity contribution in [1.29, 1.82) is 0 Å². The summed E-state index contributed by atoms with van der Waals surface area (Å²) in [5, 5.41) is 0.